The predicted octanol–water partition coefficient (Wildman–Crippen LogP) is 0.953. The van der Waals surface area contributed by atoms with Crippen molar-refractivity contribution in [2.24, 2.45) is 0 Å². The number of hydrogen-bond donors (Lipinski definition) is 1. The van der Waals surface area contributed by atoms with Gasteiger partial charge in [-0.2, -0.15) is 8.42 Å². The molecule has 8 heteroatoms. The Morgan fingerprint density at radius 2 is 1.75 bits per heavy atom. The molecule has 5 nitrogen and oxygen atoms in total. The molecule has 0 aliphatic carbocycles. The van der Waals surface area contributed by atoms with E-state index in [4.69, 9.17) is 4.55 Å². The molecule has 90 valence electrons. The summed E-state index contributed by atoms with van der Waals surface area (Å²) in [5, 5.41) is 0. The van der Waals surface area contributed by atoms with Gasteiger partial charge >= 0.3 is 0 Å². The van der Waals surface area contributed by atoms with Gasteiger partial charge in [-0.05, 0) is 40.8 Å². The molecule has 0 unspecified atom stereocenters. The second-order valence-electron chi connectivity index (χ2n) is 3.06. The fourth-order valence-electron chi connectivity index (χ4n) is 0.993. The van der Waals surface area contributed by atoms with Crippen LogP contribution in [-0.4, -0.2) is 32.9 Å². The SMILES string of the molecule is O=S(=O)(O)CCS(=O)(=O)c1cccc(I)c1. The topological polar surface area (TPSA) is 88.5 Å². The summed E-state index contributed by atoms with van der Waals surface area (Å²) in [5.74, 6) is -1.41. The van der Waals surface area contributed by atoms with Gasteiger partial charge in [0.1, 0.15) is 0 Å². The smallest absolute Gasteiger partial charge is 0.265 e. The van der Waals surface area contributed by atoms with E-state index in [-0.39, 0.29) is 4.90 Å². The highest BCUT2D eigenvalue weighted by molar-refractivity contribution is 14.1. The molecule has 0 heterocycles. The zero-order valence-electron chi connectivity index (χ0n) is 8.00. The molecule has 0 atom stereocenters. The molecule has 16 heavy (non-hydrogen) atoms. The predicted molar refractivity (Wildman–Crippen MR) is 67.6 cm³/mol. The monoisotopic (exact) mass is 376 g/mol. The molecule has 0 aliphatic heterocycles. The second-order valence-corrected chi connectivity index (χ2v) is 7.99. The summed E-state index contributed by atoms with van der Waals surface area (Å²) in [4.78, 5) is 0.0584. The van der Waals surface area contributed by atoms with Gasteiger partial charge in [-0.15, -0.1) is 0 Å². The molecule has 1 aromatic carbocycles. The van der Waals surface area contributed by atoms with Gasteiger partial charge in [-0.1, -0.05) is 6.07 Å². The summed E-state index contributed by atoms with van der Waals surface area (Å²) >= 11 is 1.96. The van der Waals surface area contributed by atoms with Crippen LogP contribution in [0.15, 0.2) is 29.2 Å². The first-order valence-corrected chi connectivity index (χ1v) is 8.48. The third-order valence-corrected chi connectivity index (χ3v) is 5.13. The highest BCUT2D eigenvalue weighted by Crippen LogP contribution is 2.14. The molecule has 0 aromatic heterocycles. The summed E-state index contributed by atoms with van der Waals surface area (Å²) in [7, 11) is -7.92. The van der Waals surface area contributed by atoms with Crippen molar-refractivity contribution in [2.75, 3.05) is 11.5 Å². The fourth-order valence-corrected chi connectivity index (χ4v) is 4.30. The van der Waals surface area contributed by atoms with Crippen LogP contribution in [-0.2, 0) is 20.0 Å². The van der Waals surface area contributed by atoms with E-state index in [1.165, 1.54) is 12.1 Å². The lowest BCUT2D eigenvalue weighted by Crippen LogP contribution is -2.16. The summed E-state index contributed by atoms with van der Waals surface area (Å²) in [6.45, 7) is 0. The van der Waals surface area contributed by atoms with Crippen molar-refractivity contribution < 1.29 is 21.4 Å². The minimum Gasteiger partial charge on any atom is -0.286 e. The van der Waals surface area contributed by atoms with E-state index >= 15 is 0 Å². The molecule has 0 radical (unpaired) electrons. The van der Waals surface area contributed by atoms with E-state index in [0.717, 1.165) is 3.57 Å². The lowest BCUT2D eigenvalue weighted by atomic mass is 10.4. The Morgan fingerprint density at radius 1 is 1.12 bits per heavy atom. The summed E-state index contributed by atoms with van der Waals surface area (Å²) in [6.07, 6.45) is 0. The zero-order valence-corrected chi connectivity index (χ0v) is 11.8. The van der Waals surface area contributed by atoms with Crippen LogP contribution in [0.2, 0.25) is 0 Å². The molecule has 1 aromatic rings. The Morgan fingerprint density at radius 3 is 2.25 bits per heavy atom. The molecular weight excluding hydrogens is 367 g/mol. The van der Waals surface area contributed by atoms with Crippen molar-refractivity contribution in [3.8, 4) is 0 Å². The maximum Gasteiger partial charge on any atom is 0.265 e. The summed E-state index contributed by atoms with van der Waals surface area (Å²) < 4.78 is 53.5. The number of rotatable bonds is 4. The van der Waals surface area contributed by atoms with Gasteiger partial charge in [0, 0.05) is 3.57 Å². The first-order valence-electron chi connectivity index (χ1n) is 4.14. The van der Waals surface area contributed by atoms with Crippen LogP contribution < -0.4 is 0 Å². The maximum atomic E-state index is 11.7. The minimum absolute atomic E-state index is 0.0584. The van der Waals surface area contributed by atoms with Crippen LogP contribution in [0.25, 0.3) is 0 Å². The Bertz CT molecular complexity index is 576. The molecular formula is C8H9IO5S2. The van der Waals surface area contributed by atoms with Crippen LogP contribution in [0, 0.1) is 3.57 Å². The summed E-state index contributed by atoms with van der Waals surface area (Å²) in [5.41, 5.74) is 0. The van der Waals surface area contributed by atoms with Gasteiger partial charge in [0.2, 0.25) is 0 Å². The van der Waals surface area contributed by atoms with Crippen molar-refractivity contribution in [3.05, 3.63) is 27.8 Å². The normalized spacial score (nSPS) is 12.6. The quantitative estimate of drug-likeness (QED) is 0.625. The molecule has 0 saturated carbocycles. The van der Waals surface area contributed by atoms with Crippen LogP contribution in [0.3, 0.4) is 0 Å². The zero-order chi connectivity index (χ0) is 12.4. The van der Waals surface area contributed by atoms with Crippen molar-refractivity contribution in [2.45, 2.75) is 4.90 Å². The molecule has 0 bridgehead atoms. The minimum atomic E-state index is -4.26. The van der Waals surface area contributed by atoms with E-state index in [9.17, 15) is 16.8 Å². The molecule has 0 amide bonds. The number of benzene rings is 1. The van der Waals surface area contributed by atoms with Gasteiger partial charge in [0.05, 0.1) is 16.4 Å². The molecule has 0 saturated heterocycles. The van der Waals surface area contributed by atoms with Crippen molar-refractivity contribution in [1.29, 1.82) is 0 Å². The Balaban J connectivity index is 2.95. The highest BCUT2D eigenvalue weighted by atomic mass is 127. The maximum absolute atomic E-state index is 11.7. The lowest BCUT2D eigenvalue weighted by Gasteiger charge is -2.03. The van der Waals surface area contributed by atoms with Crippen molar-refractivity contribution in [3.63, 3.8) is 0 Å². The third-order valence-electron chi connectivity index (χ3n) is 1.77. The van der Waals surface area contributed by atoms with Crippen LogP contribution in [0.1, 0.15) is 0 Å². The molecule has 0 spiro atoms. The lowest BCUT2D eigenvalue weighted by molar-refractivity contribution is 0.484. The Labute approximate surface area is 108 Å². The molecule has 0 fully saturated rings. The van der Waals surface area contributed by atoms with Crippen LogP contribution in [0.5, 0.6) is 0 Å². The second kappa shape index (κ2) is 4.98. The molecule has 0 aliphatic rings. The van der Waals surface area contributed by atoms with Crippen molar-refractivity contribution in [1.82, 2.24) is 0 Å². The standard InChI is InChI=1S/C8H9IO5S2/c9-7-2-1-3-8(6-7)15(10,11)4-5-16(12,13)14/h1-3,6H,4-5H2,(H,12,13,14). The largest absolute Gasteiger partial charge is 0.286 e. The summed E-state index contributed by atoms with van der Waals surface area (Å²) in [6, 6.07) is 6.13. The van der Waals surface area contributed by atoms with E-state index in [2.05, 4.69) is 0 Å². The highest BCUT2D eigenvalue weighted by Gasteiger charge is 2.18. The van der Waals surface area contributed by atoms with Crippen LogP contribution >= 0.6 is 22.6 Å². The molecule has 1 N–H and O–H groups in total. The van der Waals surface area contributed by atoms with E-state index in [0.29, 0.717) is 0 Å². The number of halogens is 1. The Kier molecular flexibility index (Phi) is 4.32. The Hall–Kier alpha value is -0.190. The van der Waals surface area contributed by atoms with Gasteiger partial charge in [0.15, 0.2) is 9.84 Å². The number of sulfone groups is 1. The first kappa shape index (κ1) is 13.9. The van der Waals surface area contributed by atoms with Gasteiger partial charge in [-0.25, -0.2) is 8.42 Å². The number of hydrogen-bond acceptors (Lipinski definition) is 4. The van der Waals surface area contributed by atoms with Gasteiger partial charge in [-0.3, -0.25) is 4.55 Å². The fraction of sp³-hybridized carbons (Fsp3) is 0.250. The molecule has 1 rings (SSSR count). The third kappa shape index (κ3) is 4.36. The van der Waals surface area contributed by atoms with Crippen molar-refractivity contribution >= 4 is 42.5 Å². The van der Waals surface area contributed by atoms with Crippen LogP contribution in [0.4, 0.5) is 0 Å². The average Bonchev–Trinajstić information content (AvgIpc) is 2.14. The van der Waals surface area contributed by atoms with Gasteiger partial charge < -0.3 is 0 Å². The average molecular weight is 376 g/mol. The first-order chi connectivity index (χ1) is 7.21. The van der Waals surface area contributed by atoms with E-state index < -0.39 is 31.5 Å². The van der Waals surface area contributed by atoms with E-state index in [1.807, 2.05) is 22.6 Å². The van der Waals surface area contributed by atoms with E-state index in [1.54, 1.807) is 12.1 Å². The van der Waals surface area contributed by atoms with Gasteiger partial charge in [0.25, 0.3) is 10.1 Å².